The lowest BCUT2D eigenvalue weighted by atomic mass is 10.0. The smallest absolute Gasteiger partial charge is 0.257 e. The maximum Gasteiger partial charge on any atom is 0.257 e. The van der Waals surface area contributed by atoms with Crippen LogP contribution in [0.1, 0.15) is 33.9 Å². The van der Waals surface area contributed by atoms with Crippen LogP contribution in [0.3, 0.4) is 0 Å². The van der Waals surface area contributed by atoms with E-state index in [9.17, 15) is 9.59 Å². The second kappa shape index (κ2) is 6.84. The lowest BCUT2D eigenvalue weighted by Crippen LogP contribution is -2.47. The first kappa shape index (κ1) is 16.2. The number of carbonyl (C=O) groups is 2. The van der Waals surface area contributed by atoms with Crippen molar-refractivity contribution in [2.24, 2.45) is 4.99 Å². The molecule has 0 aliphatic carbocycles. The molecular formula is C18H16ClN3O2. The van der Waals surface area contributed by atoms with E-state index in [4.69, 9.17) is 11.6 Å². The lowest BCUT2D eigenvalue weighted by Gasteiger charge is -2.21. The molecule has 2 aromatic rings. The molecule has 0 saturated heterocycles. The van der Waals surface area contributed by atoms with E-state index in [-0.39, 0.29) is 30.2 Å². The molecule has 24 heavy (non-hydrogen) atoms. The van der Waals surface area contributed by atoms with E-state index in [2.05, 4.69) is 15.6 Å². The summed E-state index contributed by atoms with van der Waals surface area (Å²) in [6.45, 7) is 1.91. The van der Waals surface area contributed by atoms with Crippen molar-refractivity contribution >= 4 is 29.4 Å². The normalized spacial score (nSPS) is 17.0. The summed E-state index contributed by atoms with van der Waals surface area (Å²) in [5, 5.41) is 5.87. The van der Waals surface area contributed by atoms with Gasteiger partial charge >= 0.3 is 0 Å². The third-order valence-corrected chi connectivity index (χ3v) is 3.94. The van der Waals surface area contributed by atoms with Crippen LogP contribution < -0.4 is 10.6 Å². The van der Waals surface area contributed by atoms with Crippen LogP contribution in [-0.4, -0.2) is 17.8 Å². The Morgan fingerprint density at radius 3 is 2.71 bits per heavy atom. The average Bonchev–Trinajstić information content (AvgIpc) is 2.55. The molecule has 2 N–H and O–H groups in total. The number of benzene rings is 2. The van der Waals surface area contributed by atoms with Gasteiger partial charge in [-0.2, -0.15) is 0 Å². The highest BCUT2D eigenvalue weighted by atomic mass is 35.5. The van der Waals surface area contributed by atoms with Crippen LogP contribution in [0.25, 0.3) is 0 Å². The monoisotopic (exact) mass is 341 g/mol. The zero-order valence-electron chi connectivity index (χ0n) is 13.0. The zero-order valence-corrected chi connectivity index (χ0v) is 13.8. The van der Waals surface area contributed by atoms with Crippen molar-refractivity contribution in [3.8, 4) is 0 Å². The highest BCUT2D eigenvalue weighted by Gasteiger charge is 2.23. The highest BCUT2D eigenvalue weighted by Crippen LogP contribution is 2.24. The third-order valence-electron chi connectivity index (χ3n) is 3.69. The van der Waals surface area contributed by atoms with Crippen molar-refractivity contribution in [2.75, 3.05) is 0 Å². The van der Waals surface area contributed by atoms with Crippen molar-refractivity contribution in [1.29, 1.82) is 0 Å². The van der Waals surface area contributed by atoms with E-state index in [0.29, 0.717) is 10.6 Å². The summed E-state index contributed by atoms with van der Waals surface area (Å²) >= 11 is 5.89. The molecule has 0 aromatic heterocycles. The summed E-state index contributed by atoms with van der Waals surface area (Å²) < 4.78 is 0. The number of nitrogens with one attached hydrogen (secondary N) is 2. The SMILES string of the molecule is Cc1cccc(C(=O)NC2=N[C@@H](c3ccc(Cl)cc3)CC(=O)N2)c1. The zero-order chi connectivity index (χ0) is 17.1. The van der Waals surface area contributed by atoms with Crippen LogP contribution >= 0.6 is 11.6 Å². The van der Waals surface area contributed by atoms with Crippen molar-refractivity contribution in [3.63, 3.8) is 0 Å². The fraction of sp³-hybridized carbons (Fsp3) is 0.167. The van der Waals surface area contributed by atoms with E-state index in [1.54, 1.807) is 24.3 Å². The van der Waals surface area contributed by atoms with E-state index >= 15 is 0 Å². The quantitative estimate of drug-likeness (QED) is 0.881. The number of aliphatic imine (C=N–C) groups is 1. The van der Waals surface area contributed by atoms with Gasteiger partial charge in [0.1, 0.15) is 0 Å². The molecule has 2 amide bonds. The minimum Gasteiger partial charge on any atom is -0.296 e. The van der Waals surface area contributed by atoms with Gasteiger partial charge in [0, 0.05) is 10.6 Å². The van der Waals surface area contributed by atoms with Crippen LogP contribution in [0, 0.1) is 6.92 Å². The summed E-state index contributed by atoms with van der Waals surface area (Å²) in [5.41, 5.74) is 2.37. The van der Waals surface area contributed by atoms with E-state index in [1.807, 2.05) is 31.2 Å². The molecule has 1 heterocycles. The molecule has 0 bridgehead atoms. The predicted molar refractivity (Wildman–Crippen MR) is 93.0 cm³/mol. The molecule has 1 aliphatic heterocycles. The largest absolute Gasteiger partial charge is 0.296 e. The van der Waals surface area contributed by atoms with E-state index in [1.165, 1.54) is 0 Å². The number of guanidine groups is 1. The van der Waals surface area contributed by atoms with Crippen LogP contribution in [0.5, 0.6) is 0 Å². The standard InChI is InChI=1S/C18H16ClN3O2/c1-11-3-2-4-13(9-11)17(24)22-18-20-15(10-16(23)21-18)12-5-7-14(19)8-6-12/h2-9,15H,10H2,1H3,(H2,20,21,22,23,24)/t15-/m1/s1. The number of hydrogen-bond acceptors (Lipinski definition) is 3. The van der Waals surface area contributed by atoms with Gasteiger partial charge in [-0.3, -0.25) is 20.2 Å². The molecule has 5 nitrogen and oxygen atoms in total. The van der Waals surface area contributed by atoms with Crippen LogP contribution in [-0.2, 0) is 4.79 Å². The summed E-state index contributed by atoms with van der Waals surface area (Å²) in [4.78, 5) is 28.7. The number of halogens is 1. The summed E-state index contributed by atoms with van der Waals surface area (Å²) in [6.07, 6.45) is 0.228. The Hall–Kier alpha value is -2.66. The first-order valence-electron chi connectivity index (χ1n) is 7.52. The molecule has 1 aliphatic rings. The number of rotatable bonds is 2. The van der Waals surface area contributed by atoms with Gasteiger partial charge in [-0.05, 0) is 36.8 Å². The van der Waals surface area contributed by atoms with Gasteiger partial charge in [-0.25, -0.2) is 4.99 Å². The molecule has 0 radical (unpaired) electrons. The summed E-state index contributed by atoms with van der Waals surface area (Å²) in [5.74, 6) is -0.336. The molecule has 0 unspecified atom stereocenters. The molecule has 0 saturated carbocycles. The lowest BCUT2D eigenvalue weighted by molar-refractivity contribution is -0.120. The molecular weight excluding hydrogens is 326 g/mol. The Morgan fingerprint density at radius 2 is 2.00 bits per heavy atom. The number of amides is 2. The van der Waals surface area contributed by atoms with Crippen molar-refractivity contribution < 1.29 is 9.59 Å². The first-order valence-corrected chi connectivity index (χ1v) is 7.90. The van der Waals surface area contributed by atoms with Crippen LogP contribution in [0.15, 0.2) is 53.5 Å². The fourth-order valence-corrected chi connectivity index (χ4v) is 2.63. The van der Waals surface area contributed by atoms with Crippen molar-refractivity contribution in [2.45, 2.75) is 19.4 Å². The Balaban J connectivity index is 1.80. The van der Waals surface area contributed by atoms with E-state index in [0.717, 1.165) is 11.1 Å². The molecule has 0 spiro atoms. The summed E-state index contributed by atoms with van der Waals surface area (Å²) in [6, 6.07) is 14.0. The Labute approximate surface area is 144 Å². The topological polar surface area (TPSA) is 70.6 Å². The van der Waals surface area contributed by atoms with Crippen LogP contribution in [0.2, 0.25) is 5.02 Å². The maximum absolute atomic E-state index is 12.3. The maximum atomic E-state index is 12.3. The molecule has 3 rings (SSSR count). The van der Waals surface area contributed by atoms with Crippen molar-refractivity contribution in [1.82, 2.24) is 10.6 Å². The fourth-order valence-electron chi connectivity index (χ4n) is 2.50. The average molecular weight is 342 g/mol. The minimum absolute atomic E-state index is 0.165. The first-order chi connectivity index (χ1) is 11.5. The predicted octanol–water partition coefficient (Wildman–Crippen LogP) is 3.00. The van der Waals surface area contributed by atoms with Crippen molar-refractivity contribution in [3.05, 3.63) is 70.2 Å². The third kappa shape index (κ3) is 3.81. The number of aryl methyl sites for hydroxylation is 1. The second-order valence-corrected chi connectivity index (χ2v) is 6.06. The van der Waals surface area contributed by atoms with Gasteiger partial charge < -0.3 is 0 Å². The Bertz CT molecular complexity index is 815. The Morgan fingerprint density at radius 1 is 1.25 bits per heavy atom. The highest BCUT2D eigenvalue weighted by molar-refractivity contribution is 6.30. The van der Waals surface area contributed by atoms with E-state index < -0.39 is 0 Å². The molecule has 122 valence electrons. The summed E-state index contributed by atoms with van der Waals surface area (Å²) in [7, 11) is 0. The molecule has 2 aromatic carbocycles. The van der Waals surface area contributed by atoms with Gasteiger partial charge in [-0.1, -0.05) is 41.4 Å². The van der Waals surface area contributed by atoms with Gasteiger partial charge in [-0.15, -0.1) is 0 Å². The van der Waals surface area contributed by atoms with Gasteiger partial charge in [0.25, 0.3) is 5.91 Å². The van der Waals surface area contributed by atoms with Gasteiger partial charge in [0.15, 0.2) is 0 Å². The second-order valence-electron chi connectivity index (χ2n) is 5.62. The molecule has 0 fully saturated rings. The molecule has 6 heteroatoms. The van der Waals surface area contributed by atoms with Gasteiger partial charge in [0.2, 0.25) is 11.9 Å². The van der Waals surface area contributed by atoms with Crippen LogP contribution in [0.4, 0.5) is 0 Å². The Kier molecular flexibility index (Phi) is 4.62. The number of nitrogens with zero attached hydrogens (tertiary/aromatic N) is 1. The number of hydrogen-bond donors (Lipinski definition) is 2. The minimum atomic E-state index is -0.344. The molecule has 1 atom stereocenters. The number of carbonyl (C=O) groups excluding carboxylic acids is 2. The van der Waals surface area contributed by atoms with Gasteiger partial charge in [0.05, 0.1) is 12.5 Å².